The van der Waals surface area contributed by atoms with Crippen LogP contribution < -0.4 is 5.32 Å². The fraction of sp³-hybridized carbons (Fsp3) is 0.353. The van der Waals surface area contributed by atoms with E-state index in [1.165, 1.54) is 16.7 Å². The van der Waals surface area contributed by atoms with E-state index in [0.29, 0.717) is 5.92 Å². The Bertz CT molecular complexity index is 558. The van der Waals surface area contributed by atoms with Crippen LogP contribution in [0, 0.1) is 0 Å². The maximum Gasteiger partial charge on any atom is 0.130 e. The highest BCUT2D eigenvalue weighted by atomic mass is 32.1. The van der Waals surface area contributed by atoms with E-state index in [1.54, 1.807) is 11.3 Å². The van der Waals surface area contributed by atoms with Crippen LogP contribution in [0.25, 0.3) is 11.1 Å². The summed E-state index contributed by atoms with van der Waals surface area (Å²) in [6.45, 7) is 7.34. The summed E-state index contributed by atoms with van der Waals surface area (Å²) in [5.74, 6) is 1.47. The van der Waals surface area contributed by atoms with Gasteiger partial charge in [0.25, 0.3) is 0 Å². The molecule has 0 bridgehead atoms. The molecule has 0 amide bonds. The maximum absolute atomic E-state index is 4.54. The van der Waals surface area contributed by atoms with Gasteiger partial charge in [-0.05, 0) is 60.2 Å². The van der Waals surface area contributed by atoms with Crippen LogP contribution in [0.4, 0.5) is 5.82 Å². The third-order valence-corrected chi connectivity index (χ3v) is 4.07. The van der Waals surface area contributed by atoms with E-state index in [1.807, 2.05) is 6.20 Å². The molecule has 0 fully saturated rings. The molecule has 0 aromatic carbocycles. The number of nitrogens with zero attached hydrogens (tertiary/aromatic N) is 1. The zero-order valence-corrected chi connectivity index (χ0v) is 13.2. The summed E-state index contributed by atoms with van der Waals surface area (Å²) in [5.41, 5.74) is 3.92. The van der Waals surface area contributed by atoms with Gasteiger partial charge in [0.2, 0.25) is 0 Å². The number of nitrogens with one attached hydrogen (secondary N) is 1. The van der Waals surface area contributed by atoms with Gasteiger partial charge in [0, 0.05) is 18.3 Å². The lowest BCUT2D eigenvalue weighted by Gasteiger charge is -2.19. The average molecular weight is 286 g/mol. The van der Waals surface area contributed by atoms with E-state index < -0.39 is 0 Å². The minimum absolute atomic E-state index is 0.448. The molecule has 1 N–H and O–H groups in total. The SMILES string of the molecule is C/C=C\CC(C)c1c(-c2ccsc2)ccnc1NCC. The molecule has 0 aliphatic rings. The van der Waals surface area contributed by atoms with Crippen LogP contribution in [0.3, 0.4) is 0 Å². The lowest BCUT2D eigenvalue weighted by atomic mass is 9.91. The molecule has 2 rings (SSSR count). The molecule has 2 aromatic rings. The molecule has 3 heteroatoms. The fourth-order valence-electron chi connectivity index (χ4n) is 2.41. The largest absolute Gasteiger partial charge is 0.370 e. The van der Waals surface area contributed by atoms with Crippen molar-refractivity contribution in [3.8, 4) is 11.1 Å². The van der Waals surface area contributed by atoms with Crippen molar-refractivity contribution in [2.75, 3.05) is 11.9 Å². The van der Waals surface area contributed by atoms with Crippen molar-refractivity contribution in [2.24, 2.45) is 0 Å². The number of thiophene rings is 1. The van der Waals surface area contributed by atoms with Gasteiger partial charge in [-0.25, -0.2) is 4.98 Å². The van der Waals surface area contributed by atoms with E-state index in [9.17, 15) is 0 Å². The van der Waals surface area contributed by atoms with Gasteiger partial charge in [-0.1, -0.05) is 19.1 Å². The molecule has 106 valence electrons. The normalized spacial score (nSPS) is 12.8. The Balaban J connectivity index is 2.48. The highest BCUT2D eigenvalue weighted by Crippen LogP contribution is 2.36. The third-order valence-electron chi connectivity index (χ3n) is 3.38. The Morgan fingerprint density at radius 2 is 2.25 bits per heavy atom. The minimum atomic E-state index is 0.448. The summed E-state index contributed by atoms with van der Waals surface area (Å²) in [6, 6.07) is 4.31. The van der Waals surface area contributed by atoms with Crippen molar-refractivity contribution in [1.82, 2.24) is 4.98 Å². The van der Waals surface area contributed by atoms with Gasteiger partial charge in [0.15, 0.2) is 0 Å². The zero-order valence-electron chi connectivity index (χ0n) is 12.4. The summed E-state index contributed by atoms with van der Waals surface area (Å²) in [6.07, 6.45) is 7.28. The Morgan fingerprint density at radius 3 is 2.90 bits per heavy atom. The second-order valence-electron chi connectivity index (χ2n) is 4.87. The molecule has 20 heavy (non-hydrogen) atoms. The standard InChI is InChI=1S/C17H22N2S/c1-4-6-7-13(3)16-15(14-9-11-20-12-14)8-10-19-17(16)18-5-2/h4,6,8-13H,5,7H2,1-3H3,(H,18,19)/b6-4-. The van der Waals surface area contributed by atoms with Gasteiger partial charge in [-0.15, -0.1) is 0 Å². The smallest absolute Gasteiger partial charge is 0.130 e. The van der Waals surface area contributed by atoms with Crippen molar-refractivity contribution >= 4 is 17.2 Å². The monoisotopic (exact) mass is 286 g/mol. The third kappa shape index (κ3) is 3.28. The van der Waals surface area contributed by atoms with Crippen LogP contribution in [0.1, 0.15) is 38.7 Å². The van der Waals surface area contributed by atoms with Gasteiger partial charge in [-0.2, -0.15) is 11.3 Å². The molecular formula is C17H22N2S. The van der Waals surface area contributed by atoms with Crippen LogP contribution in [0.5, 0.6) is 0 Å². The fourth-order valence-corrected chi connectivity index (χ4v) is 3.06. The number of hydrogen-bond donors (Lipinski definition) is 1. The average Bonchev–Trinajstić information content (AvgIpc) is 2.99. The van der Waals surface area contributed by atoms with E-state index in [-0.39, 0.29) is 0 Å². The molecule has 2 aromatic heterocycles. The van der Waals surface area contributed by atoms with Gasteiger partial charge >= 0.3 is 0 Å². The molecule has 1 atom stereocenters. The number of allylic oxidation sites excluding steroid dienone is 2. The van der Waals surface area contributed by atoms with Crippen molar-refractivity contribution < 1.29 is 0 Å². The molecule has 0 radical (unpaired) electrons. The highest BCUT2D eigenvalue weighted by molar-refractivity contribution is 7.08. The zero-order chi connectivity index (χ0) is 14.4. The first-order chi connectivity index (χ1) is 9.77. The summed E-state index contributed by atoms with van der Waals surface area (Å²) in [7, 11) is 0. The predicted molar refractivity (Wildman–Crippen MR) is 89.6 cm³/mol. The van der Waals surface area contributed by atoms with Gasteiger partial charge < -0.3 is 5.32 Å². The topological polar surface area (TPSA) is 24.9 Å². The second-order valence-corrected chi connectivity index (χ2v) is 5.65. The number of hydrogen-bond acceptors (Lipinski definition) is 3. The predicted octanol–water partition coefficient (Wildman–Crippen LogP) is 5.31. The maximum atomic E-state index is 4.54. The molecule has 0 aliphatic heterocycles. The Hall–Kier alpha value is -1.61. The van der Waals surface area contributed by atoms with Gasteiger partial charge in [0.1, 0.15) is 5.82 Å². The number of aromatic nitrogens is 1. The van der Waals surface area contributed by atoms with Crippen LogP contribution in [0.2, 0.25) is 0 Å². The Morgan fingerprint density at radius 1 is 1.40 bits per heavy atom. The molecule has 0 aliphatic carbocycles. The quantitative estimate of drug-likeness (QED) is 0.728. The second kappa shape index (κ2) is 7.25. The van der Waals surface area contributed by atoms with Crippen LogP contribution in [-0.4, -0.2) is 11.5 Å². The lowest BCUT2D eigenvalue weighted by molar-refractivity contribution is 0.778. The number of rotatable bonds is 6. The molecule has 2 nitrogen and oxygen atoms in total. The first-order valence-corrected chi connectivity index (χ1v) is 8.08. The highest BCUT2D eigenvalue weighted by Gasteiger charge is 2.16. The van der Waals surface area contributed by atoms with Crippen molar-refractivity contribution in [3.63, 3.8) is 0 Å². The van der Waals surface area contributed by atoms with Crippen molar-refractivity contribution in [1.29, 1.82) is 0 Å². The molecule has 0 saturated carbocycles. The van der Waals surface area contributed by atoms with Crippen LogP contribution in [0.15, 0.2) is 41.2 Å². The summed E-state index contributed by atoms with van der Waals surface area (Å²) in [5, 5.41) is 7.74. The van der Waals surface area contributed by atoms with Crippen molar-refractivity contribution in [3.05, 3.63) is 46.8 Å². The Kier molecular flexibility index (Phi) is 5.36. The first-order valence-electron chi connectivity index (χ1n) is 7.14. The Labute approximate surface area is 125 Å². The molecule has 0 spiro atoms. The van der Waals surface area contributed by atoms with Crippen molar-refractivity contribution in [2.45, 2.75) is 33.1 Å². The summed E-state index contributed by atoms with van der Waals surface area (Å²) in [4.78, 5) is 4.54. The molecular weight excluding hydrogens is 264 g/mol. The van der Waals surface area contributed by atoms with Gasteiger partial charge in [-0.3, -0.25) is 0 Å². The summed E-state index contributed by atoms with van der Waals surface area (Å²) < 4.78 is 0. The van der Waals surface area contributed by atoms with Gasteiger partial charge in [0.05, 0.1) is 0 Å². The van der Waals surface area contributed by atoms with E-state index in [0.717, 1.165) is 18.8 Å². The van der Waals surface area contributed by atoms with Crippen LogP contribution >= 0.6 is 11.3 Å². The van der Waals surface area contributed by atoms with E-state index in [4.69, 9.17) is 0 Å². The lowest BCUT2D eigenvalue weighted by Crippen LogP contribution is -2.07. The van der Waals surface area contributed by atoms with Crippen LogP contribution in [-0.2, 0) is 0 Å². The first kappa shape index (κ1) is 14.8. The van der Waals surface area contributed by atoms with E-state index in [2.05, 4.69) is 66.1 Å². The molecule has 2 heterocycles. The number of pyridine rings is 1. The minimum Gasteiger partial charge on any atom is -0.370 e. The van der Waals surface area contributed by atoms with E-state index >= 15 is 0 Å². The summed E-state index contributed by atoms with van der Waals surface area (Å²) >= 11 is 1.74. The molecule has 0 saturated heterocycles. The molecule has 1 unspecified atom stereocenters. The number of anilines is 1.